The highest BCUT2D eigenvalue weighted by Gasteiger charge is 2.28. The van der Waals surface area contributed by atoms with Gasteiger partial charge in [0.25, 0.3) is 10.1 Å². The molecule has 7 nitrogen and oxygen atoms in total. The molecule has 4 N–H and O–H groups in total. The van der Waals surface area contributed by atoms with Crippen molar-refractivity contribution >= 4 is 16.0 Å². The third-order valence-corrected chi connectivity index (χ3v) is 9.11. The van der Waals surface area contributed by atoms with E-state index < -0.39 is 40.0 Å². The van der Waals surface area contributed by atoms with E-state index in [9.17, 15) is 28.0 Å². The predicted molar refractivity (Wildman–Crippen MR) is 181 cm³/mol. The number of nitrogens with one attached hydrogen (secondary N) is 1. The summed E-state index contributed by atoms with van der Waals surface area (Å²) in [5, 5.41) is 23.3. The van der Waals surface area contributed by atoms with Crippen LogP contribution >= 0.6 is 0 Å². The van der Waals surface area contributed by atoms with Gasteiger partial charge < -0.3 is 15.5 Å². The van der Waals surface area contributed by atoms with Gasteiger partial charge in [0, 0.05) is 0 Å². The Morgan fingerprint density at radius 1 is 0.605 bits per heavy atom. The zero-order valence-corrected chi connectivity index (χ0v) is 28.8. The van der Waals surface area contributed by atoms with E-state index in [2.05, 4.69) is 31.3 Å². The van der Waals surface area contributed by atoms with Gasteiger partial charge in [0.05, 0.1) is 17.9 Å². The molecule has 1 amide bonds. The van der Waals surface area contributed by atoms with Gasteiger partial charge in [-0.25, -0.2) is 0 Å². The Morgan fingerprint density at radius 3 is 1.40 bits per heavy atom. The second-order valence-corrected chi connectivity index (χ2v) is 14.1. The van der Waals surface area contributed by atoms with Gasteiger partial charge in [0.1, 0.15) is 6.10 Å². The van der Waals surface area contributed by atoms with Gasteiger partial charge in [0.2, 0.25) is 5.91 Å². The average molecular weight is 632 g/mol. The van der Waals surface area contributed by atoms with Crippen LogP contribution < -0.4 is 5.32 Å². The number of amides is 1. The molecule has 256 valence electrons. The van der Waals surface area contributed by atoms with Gasteiger partial charge >= 0.3 is 0 Å². The molecule has 0 bridgehead atoms. The minimum atomic E-state index is -4.39. The van der Waals surface area contributed by atoms with Crippen LogP contribution in [-0.2, 0) is 14.9 Å². The molecule has 0 aromatic heterocycles. The highest BCUT2D eigenvalue weighted by atomic mass is 32.2. The lowest BCUT2D eigenvalue weighted by molar-refractivity contribution is -0.131. The summed E-state index contributed by atoms with van der Waals surface area (Å²) in [6.07, 6.45) is 31.2. The van der Waals surface area contributed by atoms with E-state index >= 15 is 0 Å². The SMILES string of the molecule is CCCCCCCCCCC/C=C\CCCCCCCCC(O)C(=O)NC(CS(=O)(=O)O)C(O)CCCCCCCCC. The summed E-state index contributed by atoms with van der Waals surface area (Å²) in [6.45, 7) is 4.43. The lowest BCUT2D eigenvalue weighted by Gasteiger charge is -2.24. The fraction of sp³-hybridized carbons (Fsp3) is 0.914. The molecule has 0 saturated carbocycles. The Hall–Kier alpha value is -0.960. The maximum absolute atomic E-state index is 12.5. The summed E-state index contributed by atoms with van der Waals surface area (Å²) in [5.41, 5.74) is 0. The van der Waals surface area contributed by atoms with Crippen LogP contribution in [-0.4, -0.2) is 53.1 Å². The Morgan fingerprint density at radius 2 is 0.977 bits per heavy atom. The number of carbonyl (C=O) groups excluding carboxylic acids is 1. The molecule has 0 aliphatic heterocycles. The van der Waals surface area contributed by atoms with Gasteiger partial charge in [-0.1, -0.05) is 154 Å². The van der Waals surface area contributed by atoms with E-state index in [1.165, 1.54) is 96.3 Å². The third-order valence-electron chi connectivity index (χ3n) is 8.33. The van der Waals surface area contributed by atoms with Crippen LogP contribution in [0.5, 0.6) is 0 Å². The molecule has 0 heterocycles. The third kappa shape index (κ3) is 29.5. The average Bonchev–Trinajstić information content (AvgIpc) is 2.96. The van der Waals surface area contributed by atoms with Crippen molar-refractivity contribution in [2.45, 2.75) is 199 Å². The van der Waals surface area contributed by atoms with E-state index in [1.54, 1.807) is 0 Å². The minimum Gasteiger partial charge on any atom is -0.391 e. The summed E-state index contributed by atoms with van der Waals surface area (Å²) < 4.78 is 32.2. The molecule has 3 atom stereocenters. The maximum atomic E-state index is 12.5. The van der Waals surface area contributed by atoms with Gasteiger partial charge in [-0.3, -0.25) is 9.35 Å². The lowest BCUT2D eigenvalue weighted by Crippen LogP contribution is -2.50. The molecule has 0 fully saturated rings. The largest absolute Gasteiger partial charge is 0.391 e. The van der Waals surface area contributed by atoms with Crippen molar-refractivity contribution < 1.29 is 28.0 Å². The van der Waals surface area contributed by atoms with E-state index in [0.29, 0.717) is 25.7 Å². The molecule has 0 spiro atoms. The Kier molecular flexibility index (Phi) is 29.1. The second kappa shape index (κ2) is 29.7. The zero-order valence-electron chi connectivity index (χ0n) is 28.0. The highest BCUT2D eigenvalue weighted by molar-refractivity contribution is 7.85. The van der Waals surface area contributed by atoms with Crippen LogP contribution in [0.2, 0.25) is 0 Å². The van der Waals surface area contributed by atoms with Crippen LogP contribution in [0.3, 0.4) is 0 Å². The standard InChI is InChI=1S/C35H69NO6S/c1-3-5-7-9-11-12-13-14-15-16-17-18-19-20-21-22-24-26-28-30-34(38)35(39)36-32(31-43(40,41)42)33(37)29-27-25-23-10-8-6-4-2/h17-18,32-34,37-38H,3-16,19-31H2,1-2H3,(H,36,39)(H,40,41,42)/b18-17-. The van der Waals surface area contributed by atoms with Crippen LogP contribution in [0.1, 0.15) is 181 Å². The molecule has 0 aliphatic carbocycles. The first kappa shape index (κ1) is 42.0. The number of carbonyl (C=O) groups is 1. The van der Waals surface area contributed by atoms with Crippen molar-refractivity contribution in [3.63, 3.8) is 0 Å². The van der Waals surface area contributed by atoms with Crippen LogP contribution in [0.15, 0.2) is 12.2 Å². The fourth-order valence-corrected chi connectivity index (χ4v) is 6.27. The summed E-state index contributed by atoms with van der Waals surface area (Å²) in [5.74, 6) is -1.46. The van der Waals surface area contributed by atoms with Crippen molar-refractivity contribution in [1.29, 1.82) is 0 Å². The minimum absolute atomic E-state index is 0.292. The molecule has 43 heavy (non-hydrogen) atoms. The Bertz CT molecular complexity index is 757. The van der Waals surface area contributed by atoms with Crippen LogP contribution in [0.4, 0.5) is 0 Å². The normalized spacial score (nSPS) is 14.3. The molecular formula is C35H69NO6S. The molecule has 3 unspecified atom stereocenters. The van der Waals surface area contributed by atoms with Gasteiger partial charge in [-0.2, -0.15) is 8.42 Å². The Balaban J connectivity index is 3.93. The second-order valence-electron chi connectivity index (χ2n) is 12.6. The van der Waals surface area contributed by atoms with Crippen molar-refractivity contribution in [3.8, 4) is 0 Å². The molecule has 0 aromatic rings. The molecule has 0 rings (SSSR count). The number of unbranched alkanes of at least 4 members (excludes halogenated alkanes) is 21. The monoisotopic (exact) mass is 631 g/mol. The number of rotatable bonds is 32. The van der Waals surface area contributed by atoms with E-state index in [0.717, 1.165) is 44.9 Å². The first-order valence-electron chi connectivity index (χ1n) is 18.0. The van der Waals surface area contributed by atoms with Gasteiger partial charge in [0.15, 0.2) is 0 Å². The van der Waals surface area contributed by atoms with Gasteiger partial charge in [-0.15, -0.1) is 0 Å². The number of hydrogen-bond acceptors (Lipinski definition) is 5. The quantitative estimate of drug-likeness (QED) is 0.0334. The predicted octanol–water partition coefficient (Wildman–Crippen LogP) is 8.82. The van der Waals surface area contributed by atoms with Crippen LogP contribution in [0, 0.1) is 0 Å². The first-order chi connectivity index (χ1) is 20.7. The van der Waals surface area contributed by atoms with Crippen LogP contribution in [0.25, 0.3) is 0 Å². The number of aliphatic hydroxyl groups is 2. The molecule has 0 aliphatic rings. The fourth-order valence-electron chi connectivity index (χ4n) is 5.51. The molecule has 0 saturated heterocycles. The zero-order chi connectivity index (χ0) is 32.0. The lowest BCUT2D eigenvalue weighted by atomic mass is 10.0. The summed E-state index contributed by atoms with van der Waals surface area (Å²) in [7, 11) is -4.39. The summed E-state index contributed by atoms with van der Waals surface area (Å²) in [4.78, 5) is 12.5. The number of hydrogen-bond donors (Lipinski definition) is 4. The van der Waals surface area contributed by atoms with Crippen molar-refractivity contribution in [1.82, 2.24) is 5.32 Å². The van der Waals surface area contributed by atoms with E-state index in [1.807, 2.05) is 0 Å². The molecule has 0 aromatic carbocycles. The van der Waals surface area contributed by atoms with Crippen molar-refractivity contribution in [2.24, 2.45) is 0 Å². The summed E-state index contributed by atoms with van der Waals surface area (Å²) in [6, 6.07) is -1.14. The highest BCUT2D eigenvalue weighted by Crippen LogP contribution is 2.15. The number of aliphatic hydroxyl groups excluding tert-OH is 2. The van der Waals surface area contributed by atoms with E-state index in [4.69, 9.17) is 0 Å². The topological polar surface area (TPSA) is 124 Å². The van der Waals surface area contributed by atoms with Crippen molar-refractivity contribution in [3.05, 3.63) is 12.2 Å². The smallest absolute Gasteiger partial charge is 0.266 e. The van der Waals surface area contributed by atoms with E-state index in [-0.39, 0.29) is 0 Å². The Labute approximate surface area is 265 Å². The first-order valence-corrected chi connectivity index (χ1v) is 19.6. The van der Waals surface area contributed by atoms with Gasteiger partial charge in [-0.05, 0) is 38.5 Å². The van der Waals surface area contributed by atoms with Crippen molar-refractivity contribution in [2.75, 3.05) is 5.75 Å². The molecule has 8 heteroatoms. The molecular weight excluding hydrogens is 562 g/mol. The molecule has 0 radical (unpaired) electrons. The maximum Gasteiger partial charge on any atom is 0.266 e. The summed E-state index contributed by atoms with van der Waals surface area (Å²) >= 11 is 0. The number of allylic oxidation sites excluding steroid dienone is 2.